The smallest absolute Gasteiger partial charge is 0.262 e. The number of nitrogens with zero attached hydrogens (tertiary/aromatic N) is 1. The summed E-state index contributed by atoms with van der Waals surface area (Å²) in [5, 5.41) is 3.46. The first-order valence-electron chi connectivity index (χ1n) is 9.35. The second-order valence-electron chi connectivity index (χ2n) is 6.61. The number of carbonyl (C=O) groups is 1. The van der Waals surface area contributed by atoms with Crippen molar-refractivity contribution in [3.05, 3.63) is 90.0 Å². The Morgan fingerprint density at radius 1 is 0.931 bits per heavy atom. The van der Waals surface area contributed by atoms with Gasteiger partial charge in [0.1, 0.15) is 17.7 Å². The van der Waals surface area contributed by atoms with Gasteiger partial charge in [-0.05, 0) is 36.4 Å². The molecule has 1 heterocycles. The van der Waals surface area contributed by atoms with Crippen LogP contribution in [0.2, 0.25) is 0 Å². The minimum absolute atomic E-state index is 0.0673. The number of anilines is 2. The van der Waals surface area contributed by atoms with E-state index in [1.165, 1.54) is 0 Å². The Balaban J connectivity index is 1.76. The van der Waals surface area contributed by atoms with E-state index in [1.54, 1.807) is 19.1 Å². The van der Waals surface area contributed by atoms with Crippen LogP contribution in [0.4, 0.5) is 11.4 Å². The molecule has 0 spiro atoms. The molecule has 1 aliphatic heterocycles. The Kier molecular flexibility index (Phi) is 5.20. The van der Waals surface area contributed by atoms with Gasteiger partial charge in [-0.2, -0.15) is 0 Å². The van der Waals surface area contributed by atoms with Gasteiger partial charge in [-0.25, -0.2) is 0 Å². The number of carbonyl (C=O) groups excluding carboxylic acids is 1. The number of hydrogen-bond acceptors (Lipinski definition) is 4. The molecule has 0 aliphatic carbocycles. The monoisotopic (exact) mass is 386 g/mol. The van der Waals surface area contributed by atoms with Crippen molar-refractivity contribution in [3.8, 4) is 11.5 Å². The number of hydrogen-bond donors (Lipinski definition) is 1. The van der Waals surface area contributed by atoms with Crippen molar-refractivity contribution < 1.29 is 14.3 Å². The summed E-state index contributed by atoms with van der Waals surface area (Å²) in [7, 11) is 3.26. The van der Waals surface area contributed by atoms with Gasteiger partial charge in [0.2, 0.25) is 0 Å². The van der Waals surface area contributed by atoms with Gasteiger partial charge in [0.25, 0.3) is 5.91 Å². The van der Waals surface area contributed by atoms with Gasteiger partial charge in [-0.15, -0.1) is 0 Å². The Labute approximate surface area is 170 Å². The molecule has 3 aromatic carbocycles. The van der Waals surface area contributed by atoms with E-state index in [-0.39, 0.29) is 12.1 Å². The van der Waals surface area contributed by atoms with Crippen LogP contribution in [-0.4, -0.2) is 26.3 Å². The average molecular weight is 386 g/mol. The summed E-state index contributed by atoms with van der Waals surface area (Å²) >= 11 is 0. The molecule has 0 radical (unpaired) electrons. The molecular weight excluding hydrogens is 364 g/mol. The number of benzene rings is 3. The van der Waals surface area contributed by atoms with Crippen molar-refractivity contribution in [1.82, 2.24) is 0 Å². The molecule has 29 heavy (non-hydrogen) atoms. The lowest BCUT2D eigenvalue weighted by Crippen LogP contribution is -2.48. The molecule has 1 unspecified atom stereocenters. The summed E-state index contributed by atoms with van der Waals surface area (Å²) < 4.78 is 10.8. The van der Waals surface area contributed by atoms with Crippen LogP contribution >= 0.6 is 0 Å². The molecule has 1 atom stereocenters. The molecule has 3 aromatic rings. The SMILES string of the molecule is COc1cccc(N2C(=O)c3ccccc3NC2/C=C/c2ccccc2OC)c1. The third-order valence-corrected chi connectivity index (χ3v) is 4.89. The first-order chi connectivity index (χ1) is 14.2. The normalized spacial score (nSPS) is 15.7. The molecule has 1 aliphatic rings. The minimum atomic E-state index is -0.366. The summed E-state index contributed by atoms with van der Waals surface area (Å²) in [5.41, 5.74) is 3.14. The van der Waals surface area contributed by atoms with E-state index < -0.39 is 0 Å². The third kappa shape index (κ3) is 3.67. The highest BCUT2D eigenvalue weighted by molar-refractivity contribution is 6.12. The van der Waals surface area contributed by atoms with Gasteiger partial charge in [-0.3, -0.25) is 9.69 Å². The highest BCUT2D eigenvalue weighted by atomic mass is 16.5. The van der Waals surface area contributed by atoms with Gasteiger partial charge >= 0.3 is 0 Å². The fraction of sp³-hybridized carbons (Fsp3) is 0.125. The van der Waals surface area contributed by atoms with Crippen LogP contribution in [0, 0.1) is 0 Å². The lowest BCUT2D eigenvalue weighted by molar-refractivity contribution is 0.0980. The van der Waals surface area contributed by atoms with Crippen LogP contribution < -0.4 is 19.7 Å². The number of amides is 1. The van der Waals surface area contributed by atoms with E-state index in [4.69, 9.17) is 9.47 Å². The van der Waals surface area contributed by atoms with E-state index in [0.29, 0.717) is 11.3 Å². The standard InChI is InChI=1S/C24H22N2O3/c1-28-19-10-7-9-18(16-19)26-23(15-14-17-8-3-6-13-22(17)29-2)25-21-12-5-4-11-20(21)24(26)27/h3-16,23,25H,1-2H3/b15-14+. The molecule has 5 heteroatoms. The van der Waals surface area contributed by atoms with Crippen molar-refractivity contribution in [2.24, 2.45) is 0 Å². The topological polar surface area (TPSA) is 50.8 Å². The molecule has 0 aromatic heterocycles. The van der Waals surface area contributed by atoms with Gasteiger partial charge in [0, 0.05) is 17.3 Å². The minimum Gasteiger partial charge on any atom is -0.497 e. The van der Waals surface area contributed by atoms with E-state index in [2.05, 4.69) is 5.32 Å². The predicted molar refractivity (Wildman–Crippen MR) is 116 cm³/mol. The first-order valence-corrected chi connectivity index (χ1v) is 9.35. The maximum atomic E-state index is 13.3. The average Bonchev–Trinajstić information content (AvgIpc) is 2.78. The maximum Gasteiger partial charge on any atom is 0.262 e. The molecule has 0 saturated carbocycles. The predicted octanol–water partition coefficient (Wildman–Crippen LogP) is 4.82. The van der Waals surface area contributed by atoms with E-state index in [0.717, 1.165) is 22.7 Å². The lowest BCUT2D eigenvalue weighted by atomic mass is 10.1. The maximum absolute atomic E-state index is 13.3. The van der Waals surface area contributed by atoms with Crippen molar-refractivity contribution in [2.75, 3.05) is 24.4 Å². The number of ether oxygens (including phenoxy) is 2. The molecule has 0 fully saturated rings. The van der Waals surface area contributed by atoms with E-state index >= 15 is 0 Å². The van der Waals surface area contributed by atoms with Gasteiger partial charge in [-0.1, -0.05) is 42.5 Å². The fourth-order valence-corrected chi connectivity index (χ4v) is 3.45. The summed E-state index contributed by atoms with van der Waals surface area (Å²) in [5.74, 6) is 1.41. The van der Waals surface area contributed by atoms with Crippen LogP contribution in [-0.2, 0) is 0 Å². The second kappa shape index (κ2) is 8.10. The zero-order valence-corrected chi connectivity index (χ0v) is 16.3. The van der Waals surface area contributed by atoms with Gasteiger partial charge in [0.15, 0.2) is 0 Å². The summed E-state index contributed by atoms with van der Waals surface area (Å²) in [6.45, 7) is 0. The zero-order valence-electron chi connectivity index (χ0n) is 16.3. The summed E-state index contributed by atoms with van der Waals surface area (Å²) in [4.78, 5) is 15.1. The number of nitrogens with one attached hydrogen (secondary N) is 1. The van der Waals surface area contributed by atoms with Crippen molar-refractivity contribution >= 4 is 23.4 Å². The highest BCUT2D eigenvalue weighted by Gasteiger charge is 2.31. The molecule has 4 rings (SSSR count). The second-order valence-corrected chi connectivity index (χ2v) is 6.61. The largest absolute Gasteiger partial charge is 0.497 e. The highest BCUT2D eigenvalue weighted by Crippen LogP contribution is 2.32. The molecular formula is C24H22N2O3. The van der Waals surface area contributed by atoms with Crippen LogP contribution in [0.25, 0.3) is 6.08 Å². The van der Waals surface area contributed by atoms with Gasteiger partial charge < -0.3 is 14.8 Å². The Morgan fingerprint density at radius 2 is 1.72 bits per heavy atom. The number of rotatable bonds is 5. The number of para-hydroxylation sites is 2. The number of fused-ring (bicyclic) bond motifs is 1. The molecule has 1 N–H and O–H groups in total. The van der Waals surface area contributed by atoms with E-state index in [1.807, 2.05) is 84.9 Å². The Hall–Kier alpha value is -3.73. The van der Waals surface area contributed by atoms with Crippen LogP contribution in [0.3, 0.4) is 0 Å². The van der Waals surface area contributed by atoms with E-state index in [9.17, 15) is 4.79 Å². The zero-order chi connectivity index (χ0) is 20.2. The van der Waals surface area contributed by atoms with Crippen LogP contribution in [0.15, 0.2) is 78.9 Å². The van der Waals surface area contributed by atoms with Crippen LogP contribution in [0.5, 0.6) is 11.5 Å². The Morgan fingerprint density at radius 3 is 2.55 bits per heavy atom. The summed E-state index contributed by atoms with van der Waals surface area (Å²) in [6.07, 6.45) is 3.56. The summed E-state index contributed by atoms with van der Waals surface area (Å²) in [6, 6.07) is 22.8. The molecule has 5 nitrogen and oxygen atoms in total. The van der Waals surface area contributed by atoms with Crippen molar-refractivity contribution in [1.29, 1.82) is 0 Å². The molecule has 1 amide bonds. The molecule has 0 bridgehead atoms. The van der Waals surface area contributed by atoms with Crippen molar-refractivity contribution in [3.63, 3.8) is 0 Å². The van der Waals surface area contributed by atoms with Crippen LogP contribution in [0.1, 0.15) is 15.9 Å². The molecule has 146 valence electrons. The van der Waals surface area contributed by atoms with Gasteiger partial charge in [0.05, 0.1) is 25.5 Å². The van der Waals surface area contributed by atoms with Crippen molar-refractivity contribution in [2.45, 2.75) is 6.17 Å². The fourth-order valence-electron chi connectivity index (χ4n) is 3.45. The number of methoxy groups -OCH3 is 2. The third-order valence-electron chi connectivity index (χ3n) is 4.89. The first kappa shape index (κ1) is 18.6. The Bertz CT molecular complexity index is 1060. The molecule has 0 saturated heterocycles. The quantitative estimate of drug-likeness (QED) is 0.683. The lowest BCUT2D eigenvalue weighted by Gasteiger charge is -2.36.